The lowest BCUT2D eigenvalue weighted by molar-refractivity contribution is -0.161. The Labute approximate surface area is 626 Å². The zero-order chi connectivity index (χ0) is 74.9. The van der Waals surface area contributed by atoms with E-state index in [-0.39, 0.29) is 25.7 Å². The number of hydrogen-bond acceptors (Lipinski definition) is 15. The molecule has 0 amide bonds. The van der Waals surface area contributed by atoms with Crippen LogP contribution in [0.4, 0.5) is 0 Å². The van der Waals surface area contributed by atoms with Gasteiger partial charge in [0.05, 0.1) is 26.4 Å². The summed E-state index contributed by atoms with van der Waals surface area (Å²) in [6.45, 7) is 9.68. The zero-order valence-electron chi connectivity index (χ0n) is 66.9. The van der Waals surface area contributed by atoms with Gasteiger partial charge in [-0.1, -0.05) is 388 Å². The number of aliphatic hydroxyl groups is 1. The van der Waals surface area contributed by atoms with E-state index in [1.807, 2.05) is 0 Å². The van der Waals surface area contributed by atoms with Gasteiger partial charge in [-0.25, -0.2) is 9.13 Å². The molecule has 0 saturated heterocycles. The number of esters is 4. The molecule has 0 heterocycles. The molecule has 0 bridgehead atoms. The number of ether oxygens (including phenoxy) is 4. The third-order valence-corrected chi connectivity index (χ3v) is 21.7. The summed E-state index contributed by atoms with van der Waals surface area (Å²) in [5, 5.41) is 10.7. The molecule has 0 saturated carbocycles. The van der Waals surface area contributed by atoms with Crippen molar-refractivity contribution in [3.63, 3.8) is 0 Å². The molecule has 0 radical (unpaired) electrons. The topological polar surface area (TPSA) is 237 Å². The van der Waals surface area contributed by atoms with Crippen molar-refractivity contribution in [1.82, 2.24) is 0 Å². The summed E-state index contributed by atoms with van der Waals surface area (Å²) in [6, 6.07) is 0. The van der Waals surface area contributed by atoms with E-state index >= 15 is 0 Å². The van der Waals surface area contributed by atoms with Crippen LogP contribution in [0, 0.1) is 11.8 Å². The van der Waals surface area contributed by atoms with Crippen LogP contribution in [0.1, 0.15) is 440 Å². The number of carbonyl (C=O) groups is 4. The van der Waals surface area contributed by atoms with Gasteiger partial charge in [-0.2, -0.15) is 0 Å². The SMILES string of the molecule is CCCCCCCCCCCCCCCCCCCCC(=O)OC[C@H](COP(=O)(O)OC[C@@H](O)COP(=O)(O)OC[C@@H](COC(=O)CCCCCCCCCCCCC)OC(=O)CCCCCCCCCCC(C)CC)OC(=O)CCCCCCCCCCCCCCCCCCCCC(C)C. The molecule has 6 atom stereocenters. The monoisotopic (exact) mass is 1490 g/mol. The standard InChI is InChI=1S/C83H162O17P2/c1-7-10-12-14-16-18-20-21-22-23-27-30-33-37-41-48-54-60-66-81(86)94-71-78(99-82(87)67-61-55-49-42-38-34-31-28-25-24-26-29-32-36-39-45-51-57-63-75(4)5)73-97-101(89,90)95-69-77(84)70-96-102(91,92)98-74-79(72-93-80(85)65-59-53-47-40-35-19-17-15-13-11-8-2)100-83(88)68-62-56-50-44-43-46-52-58-64-76(6)9-3/h75-79,84H,7-74H2,1-6H3,(H,89,90)(H,91,92)/t76?,77-,78-,79-/m1/s1. The van der Waals surface area contributed by atoms with E-state index in [1.54, 1.807) is 0 Å². The molecule has 0 spiro atoms. The molecular formula is C83H162O17P2. The molecule has 0 aliphatic rings. The maximum atomic E-state index is 13.1. The van der Waals surface area contributed by atoms with Gasteiger partial charge in [0.1, 0.15) is 19.3 Å². The Balaban J connectivity index is 5.22. The fourth-order valence-corrected chi connectivity index (χ4v) is 14.4. The summed E-state index contributed by atoms with van der Waals surface area (Å²) in [5.74, 6) is -0.517. The van der Waals surface area contributed by atoms with Gasteiger partial charge in [0.2, 0.25) is 0 Å². The average molecular weight is 1490 g/mol. The second-order valence-electron chi connectivity index (χ2n) is 30.6. The van der Waals surface area contributed by atoms with E-state index in [2.05, 4.69) is 41.5 Å². The Morgan fingerprint density at radius 1 is 0.284 bits per heavy atom. The van der Waals surface area contributed by atoms with Gasteiger partial charge in [-0.05, 0) is 37.5 Å². The Morgan fingerprint density at radius 2 is 0.500 bits per heavy atom. The second kappa shape index (κ2) is 74.5. The minimum absolute atomic E-state index is 0.106. The highest BCUT2D eigenvalue weighted by Gasteiger charge is 2.30. The highest BCUT2D eigenvalue weighted by Crippen LogP contribution is 2.45. The van der Waals surface area contributed by atoms with Crippen molar-refractivity contribution >= 4 is 39.5 Å². The number of hydrogen-bond donors (Lipinski definition) is 3. The summed E-state index contributed by atoms with van der Waals surface area (Å²) >= 11 is 0. The third kappa shape index (κ3) is 74.9. The van der Waals surface area contributed by atoms with Crippen LogP contribution < -0.4 is 0 Å². The van der Waals surface area contributed by atoms with E-state index < -0.39 is 97.5 Å². The zero-order valence-corrected chi connectivity index (χ0v) is 68.7. The Bertz CT molecular complexity index is 1960. The van der Waals surface area contributed by atoms with Crippen LogP contribution in [0.25, 0.3) is 0 Å². The highest BCUT2D eigenvalue weighted by molar-refractivity contribution is 7.47. The molecule has 0 fully saturated rings. The lowest BCUT2D eigenvalue weighted by atomic mass is 9.99. The molecule has 17 nitrogen and oxygen atoms in total. The fourth-order valence-electron chi connectivity index (χ4n) is 12.9. The largest absolute Gasteiger partial charge is 0.472 e. The van der Waals surface area contributed by atoms with E-state index in [9.17, 15) is 43.2 Å². The molecule has 102 heavy (non-hydrogen) atoms. The molecule has 0 aromatic heterocycles. The van der Waals surface area contributed by atoms with Gasteiger partial charge in [0.25, 0.3) is 0 Å². The van der Waals surface area contributed by atoms with Crippen LogP contribution in [0.3, 0.4) is 0 Å². The maximum absolute atomic E-state index is 13.1. The average Bonchev–Trinajstić information content (AvgIpc) is 0.915. The van der Waals surface area contributed by atoms with Crippen molar-refractivity contribution in [3.05, 3.63) is 0 Å². The maximum Gasteiger partial charge on any atom is 0.472 e. The lowest BCUT2D eigenvalue weighted by Crippen LogP contribution is -2.30. The predicted molar refractivity (Wildman–Crippen MR) is 418 cm³/mol. The van der Waals surface area contributed by atoms with Crippen molar-refractivity contribution in [1.29, 1.82) is 0 Å². The fraction of sp³-hybridized carbons (Fsp3) is 0.952. The summed E-state index contributed by atoms with van der Waals surface area (Å²) in [5.41, 5.74) is 0. The molecule has 3 unspecified atom stereocenters. The number of aliphatic hydroxyl groups excluding tert-OH is 1. The smallest absolute Gasteiger partial charge is 0.462 e. The molecular weight excluding hydrogens is 1330 g/mol. The number of carbonyl (C=O) groups excluding carboxylic acids is 4. The molecule has 0 aliphatic heterocycles. The molecule has 0 aromatic rings. The summed E-state index contributed by atoms with van der Waals surface area (Å²) < 4.78 is 68.8. The lowest BCUT2D eigenvalue weighted by Gasteiger charge is -2.21. The first-order valence-electron chi connectivity index (χ1n) is 43.0. The summed E-state index contributed by atoms with van der Waals surface area (Å²) in [6.07, 6.45) is 65.2. The van der Waals surface area contributed by atoms with Gasteiger partial charge in [-0.15, -0.1) is 0 Å². The Morgan fingerprint density at radius 3 is 0.745 bits per heavy atom. The van der Waals surface area contributed by atoms with E-state index in [0.29, 0.717) is 25.7 Å². The van der Waals surface area contributed by atoms with Crippen LogP contribution in [0.15, 0.2) is 0 Å². The first-order chi connectivity index (χ1) is 49.4. The molecule has 0 aromatic carbocycles. The first kappa shape index (κ1) is 100. The molecule has 0 aliphatic carbocycles. The highest BCUT2D eigenvalue weighted by atomic mass is 31.2. The molecule has 0 rings (SSSR count). The van der Waals surface area contributed by atoms with Gasteiger partial charge in [0, 0.05) is 25.7 Å². The predicted octanol–water partition coefficient (Wildman–Crippen LogP) is 25.1. The Hall–Kier alpha value is -1.94. The van der Waals surface area contributed by atoms with Crippen LogP contribution in [-0.2, 0) is 65.4 Å². The van der Waals surface area contributed by atoms with Gasteiger partial charge >= 0.3 is 39.5 Å². The summed E-state index contributed by atoms with van der Waals surface area (Å²) in [7, 11) is -9.92. The van der Waals surface area contributed by atoms with Crippen molar-refractivity contribution < 1.29 is 80.2 Å². The van der Waals surface area contributed by atoms with Gasteiger partial charge in [-0.3, -0.25) is 37.3 Å². The van der Waals surface area contributed by atoms with Crippen molar-refractivity contribution in [3.8, 4) is 0 Å². The quantitative estimate of drug-likeness (QED) is 0.0222. The van der Waals surface area contributed by atoms with E-state index in [1.165, 1.54) is 257 Å². The summed E-state index contributed by atoms with van der Waals surface area (Å²) in [4.78, 5) is 73.1. The molecule has 3 N–H and O–H groups in total. The first-order valence-corrected chi connectivity index (χ1v) is 46.0. The van der Waals surface area contributed by atoms with Crippen molar-refractivity contribution in [2.45, 2.75) is 458 Å². The van der Waals surface area contributed by atoms with Gasteiger partial charge in [0.15, 0.2) is 12.2 Å². The number of phosphoric acid groups is 2. The molecule has 19 heteroatoms. The third-order valence-electron chi connectivity index (χ3n) is 19.8. The number of rotatable bonds is 82. The van der Waals surface area contributed by atoms with E-state index in [4.69, 9.17) is 37.0 Å². The minimum Gasteiger partial charge on any atom is -0.462 e. The number of phosphoric ester groups is 2. The second-order valence-corrected chi connectivity index (χ2v) is 33.5. The van der Waals surface area contributed by atoms with Crippen LogP contribution in [0.5, 0.6) is 0 Å². The minimum atomic E-state index is -4.96. The van der Waals surface area contributed by atoms with Crippen LogP contribution >= 0.6 is 15.6 Å². The number of unbranched alkanes of at least 4 members (excludes halogenated alkanes) is 51. The molecule has 606 valence electrons. The van der Waals surface area contributed by atoms with Crippen molar-refractivity contribution in [2.24, 2.45) is 11.8 Å². The normalized spacial score (nSPS) is 14.1. The van der Waals surface area contributed by atoms with Crippen LogP contribution in [0.2, 0.25) is 0 Å². The van der Waals surface area contributed by atoms with Crippen molar-refractivity contribution in [2.75, 3.05) is 39.6 Å². The Kier molecular flexibility index (Phi) is 73.1. The van der Waals surface area contributed by atoms with E-state index in [0.717, 1.165) is 102 Å². The van der Waals surface area contributed by atoms with Crippen LogP contribution in [-0.4, -0.2) is 96.7 Å². The van der Waals surface area contributed by atoms with Gasteiger partial charge < -0.3 is 33.8 Å².